The van der Waals surface area contributed by atoms with E-state index in [4.69, 9.17) is 25.8 Å². The summed E-state index contributed by atoms with van der Waals surface area (Å²) in [5.74, 6) is 1.80. The molecule has 1 atom stereocenters. The molecule has 0 fully saturated rings. The molecule has 0 unspecified atom stereocenters. The smallest absolute Gasteiger partial charge is 0.260 e. The molecule has 0 radical (unpaired) electrons. The maximum Gasteiger partial charge on any atom is 0.260 e. The van der Waals surface area contributed by atoms with Crippen molar-refractivity contribution in [2.75, 3.05) is 20.3 Å². The highest BCUT2D eigenvalue weighted by molar-refractivity contribution is 6.30. The van der Waals surface area contributed by atoms with Gasteiger partial charge in [0.05, 0.1) is 13.7 Å². The van der Waals surface area contributed by atoms with E-state index in [9.17, 15) is 4.79 Å². The van der Waals surface area contributed by atoms with Crippen LogP contribution in [0, 0.1) is 0 Å². The van der Waals surface area contributed by atoms with Crippen molar-refractivity contribution in [3.63, 3.8) is 0 Å². The molecule has 0 saturated heterocycles. The van der Waals surface area contributed by atoms with Gasteiger partial charge in [-0.25, -0.2) is 0 Å². The average molecular weight is 350 g/mol. The third kappa shape index (κ3) is 5.66. The first kappa shape index (κ1) is 17.9. The Bertz CT molecular complexity index is 660. The van der Waals surface area contributed by atoms with E-state index in [-0.39, 0.29) is 5.91 Å². The minimum atomic E-state index is -0.608. The molecule has 5 nitrogen and oxygen atoms in total. The predicted molar refractivity (Wildman–Crippen MR) is 93.0 cm³/mol. The maximum absolute atomic E-state index is 12.0. The summed E-state index contributed by atoms with van der Waals surface area (Å²) >= 11 is 5.81. The van der Waals surface area contributed by atoms with E-state index in [1.54, 1.807) is 44.4 Å². The number of amides is 1. The third-order valence-corrected chi connectivity index (χ3v) is 3.46. The summed E-state index contributed by atoms with van der Waals surface area (Å²) in [6.45, 7) is 2.42. The Labute approximate surface area is 146 Å². The molecule has 1 amide bonds. The number of hydrogen-bond donors (Lipinski definition) is 1. The van der Waals surface area contributed by atoms with E-state index in [1.165, 1.54) is 0 Å². The van der Waals surface area contributed by atoms with Crippen LogP contribution in [-0.4, -0.2) is 32.3 Å². The van der Waals surface area contributed by atoms with Gasteiger partial charge in [-0.1, -0.05) is 17.7 Å². The van der Waals surface area contributed by atoms with Crippen molar-refractivity contribution in [3.8, 4) is 17.2 Å². The highest BCUT2D eigenvalue weighted by atomic mass is 35.5. The summed E-state index contributed by atoms with van der Waals surface area (Å²) in [6.07, 6.45) is -0.608. The topological polar surface area (TPSA) is 56.8 Å². The van der Waals surface area contributed by atoms with E-state index >= 15 is 0 Å². The van der Waals surface area contributed by atoms with Gasteiger partial charge in [-0.05, 0) is 43.3 Å². The SMILES string of the molecule is COc1cccc(OCCNC(=O)[C@H](C)Oc2ccc(Cl)cc2)c1. The predicted octanol–water partition coefficient (Wildman–Crippen LogP) is 3.31. The van der Waals surface area contributed by atoms with Crippen LogP contribution in [-0.2, 0) is 4.79 Å². The molecule has 2 aromatic carbocycles. The van der Waals surface area contributed by atoms with Crippen molar-refractivity contribution < 1.29 is 19.0 Å². The van der Waals surface area contributed by atoms with Crippen LogP contribution in [0.15, 0.2) is 48.5 Å². The molecule has 128 valence electrons. The van der Waals surface area contributed by atoms with Gasteiger partial charge in [-0.3, -0.25) is 4.79 Å². The van der Waals surface area contributed by atoms with Crippen LogP contribution in [0.3, 0.4) is 0 Å². The summed E-state index contributed by atoms with van der Waals surface area (Å²) in [5, 5.41) is 3.39. The lowest BCUT2D eigenvalue weighted by Gasteiger charge is -2.15. The molecular formula is C18H20ClNO4. The molecule has 0 spiro atoms. The Kier molecular flexibility index (Phi) is 6.75. The highest BCUT2D eigenvalue weighted by Crippen LogP contribution is 2.18. The number of hydrogen-bond acceptors (Lipinski definition) is 4. The van der Waals surface area contributed by atoms with E-state index < -0.39 is 6.10 Å². The Morgan fingerprint density at radius 3 is 2.54 bits per heavy atom. The molecule has 24 heavy (non-hydrogen) atoms. The number of carbonyl (C=O) groups excluding carboxylic acids is 1. The number of methoxy groups -OCH3 is 1. The average Bonchev–Trinajstić information content (AvgIpc) is 2.60. The molecule has 0 saturated carbocycles. The molecule has 0 aliphatic rings. The Balaban J connectivity index is 1.71. The fourth-order valence-corrected chi connectivity index (χ4v) is 2.07. The lowest BCUT2D eigenvalue weighted by molar-refractivity contribution is -0.127. The molecule has 0 aliphatic heterocycles. The van der Waals surface area contributed by atoms with Gasteiger partial charge in [0.15, 0.2) is 6.10 Å². The van der Waals surface area contributed by atoms with Gasteiger partial charge in [-0.15, -0.1) is 0 Å². The minimum absolute atomic E-state index is 0.209. The number of halogens is 1. The Morgan fingerprint density at radius 1 is 1.12 bits per heavy atom. The number of rotatable bonds is 8. The molecule has 6 heteroatoms. The lowest BCUT2D eigenvalue weighted by atomic mass is 10.3. The van der Waals surface area contributed by atoms with Crippen LogP contribution < -0.4 is 19.5 Å². The van der Waals surface area contributed by atoms with Crippen molar-refractivity contribution in [1.82, 2.24) is 5.32 Å². The number of ether oxygens (including phenoxy) is 3. The zero-order valence-corrected chi connectivity index (χ0v) is 14.4. The van der Waals surface area contributed by atoms with Gasteiger partial charge in [0.1, 0.15) is 23.9 Å². The fraction of sp³-hybridized carbons (Fsp3) is 0.278. The van der Waals surface area contributed by atoms with Gasteiger partial charge < -0.3 is 19.5 Å². The van der Waals surface area contributed by atoms with Gasteiger partial charge in [0.25, 0.3) is 5.91 Å². The van der Waals surface area contributed by atoms with E-state index in [1.807, 2.05) is 18.2 Å². The van der Waals surface area contributed by atoms with Crippen LogP contribution in [0.2, 0.25) is 5.02 Å². The zero-order valence-electron chi connectivity index (χ0n) is 13.6. The van der Waals surface area contributed by atoms with Crippen LogP contribution in [0.1, 0.15) is 6.92 Å². The largest absolute Gasteiger partial charge is 0.497 e. The molecule has 0 bridgehead atoms. The Morgan fingerprint density at radius 2 is 1.83 bits per heavy atom. The monoisotopic (exact) mass is 349 g/mol. The molecule has 0 aliphatic carbocycles. The van der Waals surface area contributed by atoms with Crippen molar-refractivity contribution in [2.24, 2.45) is 0 Å². The standard InChI is InChI=1S/C18H20ClNO4/c1-13(24-15-8-6-14(19)7-9-15)18(21)20-10-11-23-17-5-3-4-16(12-17)22-2/h3-9,12-13H,10-11H2,1-2H3,(H,20,21)/t13-/m0/s1. The van der Waals surface area contributed by atoms with Crippen molar-refractivity contribution in [1.29, 1.82) is 0 Å². The van der Waals surface area contributed by atoms with Gasteiger partial charge in [-0.2, -0.15) is 0 Å². The first-order valence-electron chi connectivity index (χ1n) is 7.55. The second kappa shape index (κ2) is 9.03. The second-order valence-electron chi connectivity index (χ2n) is 5.03. The Hall–Kier alpha value is -2.40. The van der Waals surface area contributed by atoms with Crippen LogP contribution in [0.4, 0.5) is 0 Å². The highest BCUT2D eigenvalue weighted by Gasteiger charge is 2.14. The number of carbonyl (C=O) groups is 1. The van der Waals surface area contributed by atoms with Gasteiger partial charge in [0.2, 0.25) is 0 Å². The van der Waals surface area contributed by atoms with E-state index in [0.717, 1.165) is 5.75 Å². The van der Waals surface area contributed by atoms with E-state index in [2.05, 4.69) is 5.32 Å². The molecular weight excluding hydrogens is 330 g/mol. The summed E-state index contributed by atoms with van der Waals surface area (Å²) in [6, 6.07) is 14.2. The molecule has 1 N–H and O–H groups in total. The van der Waals surface area contributed by atoms with Gasteiger partial charge in [0, 0.05) is 11.1 Å². The summed E-state index contributed by atoms with van der Waals surface area (Å²) < 4.78 is 16.2. The minimum Gasteiger partial charge on any atom is -0.497 e. The molecule has 2 rings (SSSR count). The van der Waals surface area contributed by atoms with Crippen molar-refractivity contribution >= 4 is 17.5 Å². The zero-order chi connectivity index (χ0) is 17.4. The number of benzene rings is 2. The third-order valence-electron chi connectivity index (χ3n) is 3.21. The first-order chi connectivity index (χ1) is 11.6. The summed E-state index contributed by atoms with van der Waals surface area (Å²) in [5.41, 5.74) is 0. The quantitative estimate of drug-likeness (QED) is 0.743. The van der Waals surface area contributed by atoms with Crippen LogP contribution >= 0.6 is 11.6 Å². The fourth-order valence-electron chi connectivity index (χ4n) is 1.95. The number of nitrogens with one attached hydrogen (secondary N) is 1. The maximum atomic E-state index is 12.0. The van der Waals surface area contributed by atoms with Crippen molar-refractivity contribution in [2.45, 2.75) is 13.0 Å². The molecule has 0 aromatic heterocycles. The lowest BCUT2D eigenvalue weighted by Crippen LogP contribution is -2.38. The first-order valence-corrected chi connectivity index (χ1v) is 7.93. The molecule has 2 aromatic rings. The normalized spacial score (nSPS) is 11.5. The molecule has 0 heterocycles. The van der Waals surface area contributed by atoms with Crippen LogP contribution in [0.5, 0.6) is 17.2 Å². The second-order valence-corrected chi connectivity index (χ2v) is 5.47. The summed E-state index contributed by atoms with van der Waals surface area (Å²) in [7, 11) is 1.60. The summed E-state index contributed by atoms with van der Waals surface area (Å²) in [4.78, 5) is 12.0. The van der Waals surface area contributed by atoms with Crippen LogP contribution in [0.25, 0.3) is 0 Å². The van der Waals surface area contributed by atoms with Crippen molar-refractivity contribution in [3.05, 3.63) is 53.6 Å². The van der Waals surface area contributed by atoms with E-state index in [0.29, 0.717) is 29.7 Å². The van der Waals surface area contributed by atoms with Gasteiger partial charge >= 0.3 is 0 Å².